The molecule has 5 nitrogen and oxygen atoms in total. The molecule has 5 heteroatoms. The van der Waals surface area contributed by atoms with Crippen LogP contribution < -0.4 is 4.90 Å². The molecule has 0 N–H and O–H groups in total. The maximum Gasteiger partial charge on any atom is 0.282 e. The van der Waals surface area contributed by atoms with Crippen molar-refractivity contribution >= 4 is 17.2 Å². The second-order valence-electron chi connectivity index (χ2n) is 5.12. The highest BCUT2D eigenvalue weighted by Crippen LogP contribution is 2.25. The molecule has 1 aromatic rings. The van der Waals surface area contributed by atoms with Crippen molar-refractivity contribution in [2.24, 2.45) is 5.92 Å². The van der Waals surface area contributed by atoms with E-state index in [1.807, 2.05) is 11.9 Å². The van der Waals surface area contributed by atoms with Gasteiger partial charge in [0.15, 0.2) is 5.78 Å². The first-order chi connectivity index (χ1) is 8.82. The number of hydrogen-bond acceptors (Lipinski definition) is 4. The van der Waals surface area contributed by atoms with Crippen LogP contribution >= 0.6 is 0 Å². The predicted molar refractivity (Wildman–Crippen MR) is 75.8 cm³/mol. The van der Waals surface area contributed by atoms with Crippen LogP contribution in [0.2, 0.25) is 0 Å². The van der Waals surface area contributed by atoms with Crippen LogP contribution in [0.4, 0.5) is 11.4 Å². The average molecular weight is 264 g/mol. The number of ketones is 1. The van der Waals surface area contributed by atoms with Gasteiger partial charge in [-0.25, -0.2) is 0 Å². The summed E-state index contributed by atoms with van der Waals surface area (Å²) >= 11 is 0. The zero-order valence-corrected chi connectivity index (χ0v) is 11.8. The van der Waals surface area contributed by atoms with E-state index in [1.54, 1.807) is 6.07 Å². The molecule has 0 radical (unpaired) electrons. The third kappa shape index (κ3) is 4.05. The summed E-state index contributed by atoms with van der Waals surface area (Å²) in [5, 5.41) is 11.0. The number of hydrogen-bond donors (Lipinski definition) is 0. The van der Waals surface area contributed by atoms with E-state index in [0.717, 1.165) is 18.7 Å². The summed E-state index contributed by atoms with van der Waals surface area (Å²) in [7, 11) is 1.90. The van der Waals surface area contributed by atoms with Crippen molar-refractivity contribution in [3.05, 3.63) is 33.9 Å². The Hall–Kier alpha value is -1.91. The largest absolute Gasteiger partial charge is 0.374 e. The highest BCUT2D eigenvalue weighted by molar-refractivity contribution is 5.98. The van der Waals surface area contributed by atoms with Crippen molar-refractivity contribution in [1.82, 2.24) is 0 Å². The van der Waals surface area contributed by atoms with Crippen LogP contribution in [0.3, 0.4) is 0 Å². The third-order valence-electron chi connectivity index (χ3n) is 3.04. The maximum atomic E-state index is 11.3. The molecule has 0 atom stereocenters. The van der Waals surface area contributed by atoms with E-state index >= 15 is 0 Å². The molecule has 0 spiro atoms. The molecule has 0 bridgehead atoms. The van der Waals surface area contributed by atoms with Gasteiger partial charge < -0.3 is 4.90 Å². The van der Waals surface area contributed by atoms with Crippen molar-refractivity contribution in [1.29, 1.82) is 0 Å². The minimum atomic E-state index is -0.503. The lowest BCUT2D eigenvalue weighted by atomic mass is 10.1. The number of anilines is 1. The van der Waals surface area contributed by atoms with E-state index in [-0.39, 0.29) is 17.0 Å². The summed E-state index contributed by atoms with van der Waals surface area (Å²) in [5.41, 5.74) is 0.796. The van der Waals surface area contributed by atoms with Gasteiger partial charge in [0.05, 0.1) is 10.5 Å². The lowest BCUT2D eigenvalue weighted by Gasteiger charge is -2.20. The molecule has 1 aromatic carbocycles. The van der Waals surface area contributed by atoms with Gasteiger partial charge in [-0.15, -0.1) is 0 Å². The van der Waals surface area contributed by atoms with Crippen LogP contribution in [0, 0.1) is 16.0 Å². The molecule has 0 amide bonds. The van der Waals surface area contributed by atoms with Gasteiger partial charge in [0.25, 0.3) is 5.69 Å². The van der Waals surface area contributed by atoms with E-state index in [1.165, 1.54) is 19.1 Å². The lowest BCUT2D eigenvalue weighted by Crippen LogP contribution is -2.20. The fraction of sp³-hybridized carbons (Fsp3) is 0.500. The Balaban J connectivity index is 3.01. The minimum absolute atomic E-state index is 0.124. The first-order valence-electron chi connectivity index (χ1n) is 6.33. The zero-order valence-electron chi connectivity index (χ0n) is 11.8. The summed E-state index contributed by atoms with van der Waals surface area (Å²) in [4.78, 5) is 23.8. The second-order valence-corrected chi connectivity index (χ2v) is 5.12. The Labute approximate surface area is 113 Å². The smallest absolute Gasteiger partial charge is 0.282 e. The van der Waals surface area contributed by atoms with E-state index in [0.29, 0.717) is 5.92 Å². The van der Waals surface area contributed by atoms with Crippen molar-refractivity contribution in [3.8, 4) is 0 Å². The summed E-state index contributed by atoms with van der Waals surface area (Å²) in [5.74, 6) is 0.289. The fourth-order valence-corrected chi connectivity index (χ4v) is 1.79. The van der Waals surface area contributed by atoms with Gasteiger partial charge in [0.1, 0.15) is 0 Å². The Morgan fingerprint density at radius 2 is 2.05 bits per heavy atom. The van der Waals surface area contributed by atoms with Gasteiger partial charge >= 0.3 is 0 Å². The van der Waals surface area contributed by atoms with Crippen LogP contribution in [0.5, 0.6) is 0 Å². The molecule has 0 unspecified atom stereocenters. The summed E-state index contributed by atoms with van der Waals surface area (Å²) in [6.45, 7) is 6.43. The number of carbonyl (C=O) groups is 1. The van der Waals surface area contributed by atoms with Crippen LogP contribution in [0.15, 0.2) is 18.2 Å². The van der Waals surface area contributed by atoms with Gasteiger partial charge in [-0.3, -0.25) is 14.9 Å². The molecule has 0 saturated carbocycles. The first kappa shape index (κ1) is 15.1. The third-order valence-corrected chi connectivity index (χ3v) is 3.04. The van der Waals surface area contributed by atoms with E-state index in [2.05, 4.69) is 13.8 Å². The monoisotopic (exact) mass is 264 g/mol. The number of nitro groups is 1. The normalized spacial score (nSPS) is 10.6. The van der Waals surface area contributed by atoms with Crippen LogP contribution in [-0.4, -0.2) is 24.3 Å². The summed E-state index contributed by atoms with van der Waals surface area (Å²) in [6, 6.07) is 4.75. The Bertz CT molecular complexity index is 484. The van der Waals surface area contributed by atoms with E-state index in [4.69, 9.17) is 0 Å². The fourth-order valence-electron chi connectivity index (χ4n) is 1.79. The molecular weight excluding hydrogens is 244 g/mol. The molecule has 0 heterocycles. The van der Waals surface area contributed by atoms with Gasteiger partial charge in [-0.05, 0) is 31.4 Å². The molecule has 0 aliphatic rings. The molecule has 1 rings (SSSR count). The molecule has 104 valence electrons. The highest BCUT2D eigenvalue weighted by Gasteiger charge is 2.18. The van der Waals surface area contributed by atoms with Crippen LogP contribution in [-0.2, 0) is 0 Å². The summed E-state index contributed by atoms with van der Waals surface area (Å²) in [6.07, 6.45) is 1.01. The van der Waals surface area contributed by atoms with E-state index in [9.17, 15) is 14.9 Å². The second kappa shape index (κ2) is 6.31. The van der Waals surface area contributed by atoms with Crippen molar-refractivity contribution in [2.45, 2.75) is 27.2 Å². The number of nitro benzene ring substituents is 1. The van der Waals surface area contributed by atoms with Crippen molar-refractivity contribution < 1.29 is 9.72 Å². The highest BCUT2D eigenvalue weighted by atomic mass is 16.6. The SMILES string of the molecule is CC(=O)c1ccc(N(C)CCC(C)C)cc1[N+](=O)[O-]. The molecule has 0 fully saturated rings. The Morgan fingerprint density at radius 3 is 2.53 bits per heavy atom. The van der Waals surface area contributed by atoms with E-state index < -0.39 is 4.92 Å². The Morgan fingerprint density at radius 1 is 1.42 bits per heavy atom. The number of benzene rings is 1. The van der Waals surface area contributed by atoms with Crippen molar-refractivity contribution in [3.63, 3.8) is 0 Å². The number of rotatable bonds is 6. The first-order valence-corrected chi connectivity index (χ1v) is 6.33. The molecule has 0 aliphatic carbocycles. The maximum absolute atomic E-state index is 11.3. The minimum Gasteiger partial charge on any atom is -0.374 e. The molecule has 0 saturated heterocycles. The van der Waals surface area contributed by atoms with Gasteiger partial charge in [0, 0.05) is 25.3 Å². The lowest BCUT2D eigenvalue weighted by molar-refractivity contribution is -0.385. The van der Waals surface area contributed by atoms with Crippen LogP contribution in [0.1, 0.15) is 37.6 Å². The van der Waals surface area contributed by atoms with Gasteiger partial charge in [-0.1, -0.05) is 13.8 Å². The van der Waals surface area contributed by atoms with Gasteiger partial charge in [-0.2, -0.15) is 0 Å². The Kier molecular flexibility index (Phi) is 5.03. The van der Waals surface area contributed by atoms with Crippen LogP contribution in [0.25, 0.3) is 0 Å². The van der Waals surface area contributed by atoms with Crippen molar-refractivity contribution in [2.75, 3.05) is 18.5 Å². The average Bonchev–Trinajstić information content (AvgIpc) is 2.34. The number of Topliss-reactive ketones (excluding diaryl/α,β-unsaturated/α-hetero) is 1. The summed E-state index contributed by atoms with van der Waals surface area (Å²) < 4.78 is 0. The number of nitrogens with zero attached hydrogens (tertiary/aromatic N) is 2. The quantitative estimate of drug-likeness (QED) is 0.449. The molecule has 0 aliphatic heterocycles. The predicted octanol–water partition coefficient (Wildman–Crippen LogP) is 3.28. The molecule has 0 aromatic heterocycles. The number of carbonyl (C=O) groups excluding carboxylic acids is 1. The molecule has 19 heavy (non-hydrogen) atoms. The standard InChI is InChI=1S/C14H20N2O3/c1-10(2)7-8-15(4)12-5-6-13(11(3)17)14(9-12)16(18)19/h5-6,9-10H,7-8H2,1-4H3. The topological polar surface area (TPSA) is 63.5 Å². The zero-order chi connectivity index (χ0) is 14.6. The molecular formula is C14H20N2O3. The van der Waals surface area contributed by atoms with Gasteiger partial charge in [0.2, 0.25) is 0 Å².